The van der Waals surface area contributed by atoms with Crippen LogP contribution in [0, 0.1) is 6.92 Å². The molecule has 3 heterocycles. The molecule has 2 aromatic carbocycles. The molecule has 0 atom stereocenters. The number of hydrogen-bond acceptors (Lipinski definition) is 5. The van der Waals surface area contributed by atoms with Crippen LogP contribution in [0.3, 0.4) is 0 Å². The summed E-state index contributed by atoms with van der Waals surface area (Å²) in [4.78, 5) is 12.1. The quantitative estimate of drug-likeness (QED) is 0.545. The summed E-state index contributed by atoms with van der Waals surface area (Å²) in [5.74, 6) is 1.56. The first-order valence-electron chi connectivity index (χ1n) is 10.2. The van der Waals surface area contributed by atoms with Gasteiger partial charge in [0, 0.05) is 18.8 Å². The van der Waals surface area contributed by atoms with Crippen molar-refractivity contribution in [2.75, 3.05) is 23.3 Å². The lowest BCUT2D eigenvalue weighted by Gasteiger charge is -2.27. The van der Waals surface area contributed by atoms with Crippen molar-refractivity contribution in [1.29, 1.82) is 0 Å². The van der Waals surface area contributed by atoms with Crippen molar-refractivity contribution in [3.05, 3.63) is 66.4 Å². The van der Waals surface area contributed by atoms with E-state index >= 15 is 0 Å². The number of para-hydroxylation sites is 1. The Balaban J connectivity index is 1.63. The normalized spacial score (nSPS) is 14.3. The highest BCUT2D eigenvalue weighted by Crippen LogP contribution is 2.29. The van der Waals surface area contributed by atoms with Gasteiger partial charge in [0.1, 0.15) is 5.82 Å². The molecule has 0 amide bonds. The Morgan fingerprint density at radius 3 is 2.38 bits per heavy atom. The summed E-state index contributed by atoms with van der Waals surface area (Å²) in [6, 6.07) is 18.5. The minimum Gasteiger partial charge on any atom is -0.341 e. The highest BCUT2D eigenvalue weighted by atomic mass is 15.3. The first-order valence-corrected chi connectivity index (χ1v) is 10.2. The Hall–Kier alpha value is -3.41. The first-order chi connectivity index (χ1) is 14.3. The van der Waals surface area contributed by atoms with Gasteiger partial charge >= 0.3 is 0 Å². The van der Waals surface area contributed by atoms with Gasteiger partial charge in [0.2, 0.25) is 5.95 Å². The molecule has 1 aliphatic rings. The van der Waals surface area contributed by atoms with Gasteiger partial charge in [0.15, 0.2) is 5.65 Å². The fourth-order valence-electron chi connectivity index (χ4n) is 3.76. The minimum absolute atomic E-state index is 0.768. The van der Waals surface area contributed by atoms with Crippen LogP contribution in [0.4, 0.5) is 17.5 Å². The minimum atomic E-state index is 0.768. The van der Waals surface area contributed by atoms with Crippen LogP contribution in [0.15, 0.2) is 60.8 Å². The largest absolute Gasteiger partial charge is 0.341 e. The van der Waals surface area contributed by atoms with Crippen LogP contribution in [0.25, 0.3) is 16.7 Å². The molecular weight excluding hydrogens is 360 g/mol. The van der Waals surface area contributed by atoms with Crippen molar-refractivity contribution >= 4 is 28.5 Å². The summed E-state index contributed by atoms with van der Waals surface area (Å²) in [5.41, 5.74) is 4.05. The van der Waals surface area contributed by atoms with E-state index in [2.05, 4.69) is 46.5 Å². The van der Waals surface area contributed by atoms with Gasteiger partial charge in [-0.25, -0.2) is 4.68 Å². The number of aromatic nitrogens is 4. The average Bonchev–Trinajstić information content (AvgIpc) is 3.21. The van der Waals surface area contributed by atoms with Crippen LogP contribution >= 0.6 is 0 Å². The third-order valence-corrected chi connectivity index (χ3v) is 5.37. The Morgan fingerprint density at radius 1 is 0.862 bits per heavy atom. The highest BCUT2D eigenvalue weighted by Gasteiger charge is 2.19. The zero-order chi connectivity index (χ0) is 19.6. The number of benzene rings is 2. The molecule has 1 aliphatic heterocycles. The second kappa shape index (κ2) is 7.54. The molecule has 1 saturated heterocycles. The lowest BCUT2D eigenvalue weighted by Crippen LogP contribution is -2.31. The predicted octanol–water partition coefficient (Wildman–Crippen LogP) is 4.86. The first kappa shape index (κ1) is 17.7. The molecular formula is C23H24N6. The predicted molar refractivity (Wildman–Crippen MR) is 117 cm³/mol. The number of fused-ring (bicyclic) bond motifs is 1. The van der Waals surface area contributed by atoms with Gasteiger partial charge in [-0.05, 0) is 50.5 Å². The van der Waals surface area contributed by atoms with Gasteiger partial charge in [0.05, 0.1) is 17.3 Å². The lowest BCUT2D eigenvalue weighted by atomic mass is 10.1. The Labute approximate surface area is 170 Å². The third kappa shape index (κ3) is 3.53. The van der Waals surface area contributed by atoms with Crippen molar-refractivity contribution in [3.63, 3.8) is 0 Å². The second-order valence-corrected chi connectivity index (χ2v) is 7.54. The molecule has 29 heavy (non-hydrogen) atoms. The van der Waals surface area contributed by atoms with E-state index in [1.807, 2.05) is 41.2 Å². The van der Waals surface area contributed by atoms with Gasteiger partial charge in [-0.3, -0.25) is 0 Å². The number of rotatable bonds is 4. The van der Waals surface area contributed by atoms with E-state index in [1.54, 1.807) is 0 Å². The Bertz CT molecular complexity index is 1110. The third-order valence-electron chi connectivity index (χ3n) is 5.37. The van der Waals surface area contributed by atoms with Crippen molar-refractivity contribution in [2.24, 2.45) is 0 Å². The van der Waals surface area contributed by atoms with Crippen LogP contribution in [-0.4, -0.2) is 32.8 Å². The topological polar surface area (TPSA) is 58.9 Å². The van der Waals surface area contributed by atoms with Crippen LogP contribution in [0.5, 0.6) is 0 Å². The molecule has 1 fully saturated rings. The number of aryl methyl sites for hydroxylation is 1. The lowest BCUT2D eigenvalue weighted by molar-refractivity contribution is 0.569. The summed E-state index contributed by atoms with van der Waals surface area (Å²) in [5, 5.41) is 9.02. The van der Waals surface area contributed by atoms with Gasteiger partial charge in [-0.2, -0.15) is 15.1 Å². The summed E-state index contributed by atoms with van der Waals surface area (Å²) in [6.07, 6.45) is 5.48. The smallest absolute Gasteiger partial charge is 0.229 e. The summed E-state index contributed by atoms with van der Waals surface area (Å²) < 4.78 is 1.89. The molecule has 0 saturated carbocycles. The SMILES string of the molecule is Cc1ccc(Nc2nc(N3CCCCC3)nc3c2cnn3-c2ccccc2)cc1. The number of nitrogens with zero attached hydrogens (tertiary/aromatic N) is 5. The van der Waals surface area contributed by atoms with Gasteiger partial charge in [-0.15, -0.1) is 0 Å². The number of nitrogens with one attached hydrogen (secondary N) is 1. The number of anilines is 3. The maximum absolute atomic E-state index is 4.93. The molecule has 0 spiro atoms. The van der Waals surface area contributed by atoms with E-state index < -0.39 is 0 Å². The molecule has 2 aromatic heterocycles. The van der Waals surface area contributed by atoms with Crippen molar-refractivity contribution in [3.8, 4) is 5.69 Å². The van der Waals surface area contributed by atoms with Crippen molar-refractivity contribution in [2.45, 2.75) is 26.2 Å². The van der Waals surface area contributed by atoms with E-state index in [-0.39, 0.29) is 0 Å². The summed E-state index contributed by atoms with van der Waals surface area (Å²) in [7, 11) is 0. The molecule has 4 aromatic rings. The Kier molecular flexibility index (Phi) is 4.60. The van der Waals surface area contributed by atoms with Gasteiger partial charge in [-0.1, -0.05) is 35.9 Å². The van der Waals surface area contributed by atoms with E-state index in [4.69, 9.17) is 9.97 Å². The van der Waals surface area contributed by atoms with Crippen LogP contribution in [-0.2, 0) is 0 Å². The highest BCUT2D eigenvalue weighted by molar-refractivity contribution is 5.90. The van der Waals surface area contributed by atoms with Crippen molar-refractivity contribution in [1.82, 2.24) is 19.7 Å². The maximum Gasteiger partial charge on any atom is 0.229 e. The molecule has 0 bridgehead atoms. The fraction of sp³-hybridized carbons (Fsp3) is 0.261. The van der Waals surface area contributed by atoms with E-state index in [0.717, 1.165) is 47.3 Å². The van der Waals surface area contributed by atoms with Crippen LogP contribution in [0.2, 0.25) is 0 Å². The number of hydrogen-bond donors (Lipinski definition) is 1. The van der Waals surface area contributed by atoms with Gasteiger partial charge < -0.3 is 10.2 Å². The molecule has 1 N–H and O–H groups in total. The molecule has 0 aliphatic carbocycles. The van der Waals surface area contributed by atoms with Crippen LogP contribution < -0.4 is 10.2 Å². The van der Waals surface area contributed by atoms with Gasteiger partial charge in [0.25, 0.3) is 0 Å². The molecule has 0 radical (unpaired) electrons. The molecule has 0 unspecified atom stereocenters. The molecule has 5 rings (SSSR count). The molecule has 6 heteroatoms. The maximum atomic E-state index is 4.93. The van der Waals surface area contributed by atoms with Crippen molar-refractivity contribution < 1.29 is 0 Å². The zero-order valence-electron chi connectivity index (χ0n) is 16.5. The van der Waals surface area contributed by atoms with Crippen LogP contribution in [0.1, 0.15) is 24.8 Å². The molecule has 6 nitrogen and oxygen atoms in total. The van der Waals surface area contributed by atoms with E-state index in [9.17, 15) is 0 Å². The molecule has 146 valence electrons. The van der Waals surface area contributed by atoms with E-state index in [1.165, 1.54) is 24.8 Å². The summed E-state index contributed by atoms with van der Waals surface area (Å²) in [6.45, 7) is 4.08. The fourth-order valence-corrected chi connectivity index (χ4v) is 3.76. The number of piperidine rings is 1. The zero-order valence-corrected chi connectivity index (χ0v) is 16.5. The standard InChI is InChI=1S/C23H24N6/c1-17-10-12-18(13-11-17)25-21-20-16-24-29(19-8-4-2-5-9-19)22(20)27-23(26-21)28-14-6-3-7-15-28/h2,4-5,8-13,16H,3,6-7,14-15H2,1H3,(H,25,26,27). The average molecular weight is 384 g/mol. The second-order valence-electron chi connectivity index (χ2n) is 7.54. The Morgan fingerprint density at radius 2 is 1.62 bits per heavy atom. The van der Waals surface area contributed by atoms with E-state index in [0.29, 0.717) is 0 Å². The summed E-state index contributed by atoms with van der Waals surface area (Å²) >= 11 is 0. The monoisotopic (exact) mass is 384 g/mol.